The van der Waals surface area contributed by atoms with Crippen molar-refractivity contribution in [3.05, 3.63) is 83.4 Å². The van der Waals surface area contributed by atoms with E-state index < -0.39 is 0 Å². The molecule has 1 aliphatic heterocycles. The Hall–Kier alpha value is -3.09. The number of amides is 1. The number of hydrogen-bond acceptors (Lipinski definition) is 5. The first-order chi connectivity index (χ1) is 14.8. The van der Waals surface area contributed by atoms with Crippen LogP contribution in [0.5, 0.6) is 0 Å². The lowest BCUT2D eigenvalue weighted by atomic mass is 10.0. The fourth-order valence-corrected chi connectivity index (χ4v) is 5.32. The SMILES string of the molecule is O=C(c1ccc2nsnc2c1)N1CCN(C2c3ccccc3-c3ccccc32)CC1. The molecule has 1 fully saturated rings. The number of benzene rings is 3. The highest BCUT2D eigenvalue weighted by atomic mass is 32.1. The Bertz CT molecular complexity index is 1210. The standard InChI is InChI=1S/C24H20N4OS/c29-24(16-9-10-21-22(15-16)26-30-25-21)28-13-11-27(12-14-28)23-19-7-3-1-5-17(19)18-6-2-4-8-20(18)23/h1-10,15,23H,11-14H2. The zero-order valence-electron chi connectivity index (χ0n) is 16.4. The average molecular weight is 413 g/mol. The minimum Gasteiger partial charge on any atom is -0.336 e. The second-order valence-corrected chi connectivity index (χ2v) is 8.40. The van der Waals surface area contributed by atoms with Crippen molar-refractivity contribution in [2.24, 2.45) is 0 Å². The van der Waals surface area contributed by atoms with Crippen LogP contribution in [0.15, 0.2) is 66.7 Å². The molecule has 1 aliphatic carbocycles. The first-order valence-electron chi connectivity index (χ1n) is 10.2. The average Bonchev–Trinajstić information content (AvgIpc) is 3.41. The summed E-state index contributed by atoms with van der Waals surface area (Å²) in [7, 11) is 0. The van der Waals surface area contributed by atoms with Gasteiger partial charge in [-0.15, -0.1) is 0 Å². The number of aromatic nitrogens is 2. The summed E-state index contributed by atoms with van der Waals surface area (Å²) in [5, 5.41) is 0. The summed E-state index contributed by atoms with van der Waals surface area (Å²) >= 11 is 1.18. The van der Waals surface area contributed by atoms with Gasteiger partial charge in [-0.2, -0.15) is 8.75 Å². The summed E-state index contributed by atoms with van der Waals surface area (Å²) in [6, 6.07) is 23.3. The van der Waals surface area contributed by atoms with Crippen LogP contribution in [-0.4, -0.2) is 50.6 Å². The van der Waals surface area contributed by atoms with E-state index in [4.69, 9.17) is 0 Å². The maximum Gasteiger partial charge on any atom is 0.254 e. The second kappa shape index (κ2) is 7.00. The van der Waals surface area contributed by atoms with Crippen LogP contribution in [-0.2, 0) is 0 Å². The van der Waals surface area contributed by atoms with Gasteiger partial charge in [0, 0.05) is 31.7 Å². The van der Waals surface area contributed by atoms with Crippen LogP contribution < -0.4 is 0 Å². The molecular weight excluding hydrogens is 392 g/mol. The molecule has 6 rings (SSSR count). The normalized spacial score (nSPS) is 16.6. The molecule has 0 spiro atoms. The summed E-state index contributed by atoms with van der Waals surface area (Å²) in [6.07, 6.45) is 0. The number of carbonyl (C=O) groups excluding carboxylic acids is 1. The summed E-state index contributed by atoms with van der Waals surface area (Å²) in [5.41, 5.74) is 7.76. The fraction of sp³-hybridized carbons (Fsp3) is 0.208. The third-order valence-corrected chi connectivity index (χ3v) is 6.82. The van der Waals surface area contributed by atoms with Crippen molar-refractivity contribution in [2.45, 2.75) is 6.04 Å². The smallest absolute Gasteiger partial charge is 0.254 e. The fourth-order valence-electron chi connectivity index (χ4n) is 4.80. The quantitative estimate of drug-likeness (QED) is 0.495. The van der Waals surface area contributed by atoms with Crippen LogP contribution in [0.4, 0.5) is 0 Å². The van der Waals surface area contributed by atoms with Crippen LogP contribution >= 0.6 is 11.7 Å². The number of rotatable bonds is 2. The lowest BCUT2D eigenvalue weighted by Gasteiger charge is -2.38. The number of piperazine rings is 1. The number of carbonyl (C=O) groups is 1. The van der Waals surface area contributed by atoms with Gasteiger partial charge in [0.15, 0.2) is 0 Å². The molecule has 1 aromatic heterocycles. The first-order valence-corrected chi connectivity index (χ1v) is 11.0. The number of fused-ring (bicyclic) bond motifs is 4. The monoisotopic (exact) mass is 412 g/mol. The summed E-state index contributed by atoms with van der Waals surface area (Å²) in [6.45, 7) is 3.18. The molecule has 1 saturated heterocycles. The zero-order chi connectivity index (χ0) is 20.1. The molecule has 4 aromatic rings. The van der Waals surface area contributed by atoms with E-state index in [9.17, 15) is 4.79 Å². The van der Waals surface area contributed by atoms with Crippen LogP contribution in [0.1, 0.15) is 27.5 Å². The van der Waals surface area contributed by atoms with Gasteiger partial charge in [0.05, 0.1) is 17.8 Å². The van der Waals surface area contributed by atoms with Crippen molar-refractivity contribution in [3.8, 4) is 11.1 Å². The molecule has 0 atom stereocenters. The molecule has 30 heavy (non-hydrogen) atoms. The Morgan fingerprint density at radius 1 is 0.800 bits per heavy atom. The van der Waals surface area contributed by atoms with Crippen LogP contribution in [0.2, 0.25) is 0 Å². The Kier molecular flexibility index (Phi) is 4.14. The van der Waals surface area contributed by atoms with Crippen LogP contribution in [0, 0.1) is 0 Å². The Morgan fingerprint density at radius 2 is 1.43 bits per heavy atom. The zero-order valence-corrected chi connectivity index (χ0v) is 17.2. The third-order valence-electron chi connectivity index (χ3n) is 6.27. The van der Waals surface area contributed by atoms with Crippen molar-refractivity contribution >= 4 is 28.7 Å². The Balaban J connectivity index is 1.23. The van der Waals surface area contributed by atoms with E-state index >= 15 is 0 Å². The number of hydrogen-bond donors (Lipinski definition) is 0. The van der Waals surface area contributed by atoms with E-state index in [1.165, 1.54) is 34.0 Å². The van der Waals surface area contributed by atoms with Crippen molar-refractivity contribution in [3.63, 3.8) is 0 Å². The molecule has 3 aromatic carbocycles. The molecule has 6 heteroatoms. The summed E-state index contributed by atoms with van der Waals surface area (Å²) in [5.74, 6) is 0.0803. The van der Waals surface area contributed by atoms with Gasteiger partial charge in [-0.25, -0.2) is 0 Å². The molecule has 0 radical (unpaired) electrons. The third kappa shape index (κ3) is 2.75. The van der Waals surface area contributed by atoms with E-state index in [0.717, 1.165) is 37.2 Å². The highest BCUT2D eigenvalue weighted by molar-refractivity contribution is 7.00. The van der Waals surface area contributed by atoms with E-state index in [-0.39, 0.29) is 11.9 Å². The van der Waals surface area contributed by atoms with E-state index in [2.05, 4.69) is 62.2 Å². The molecule has 0 saturated carbocycles. The van der Waals surface area contributed by atoms with Gasteiger partial charge < -0.3 is 4.90 Å². The topological polar surface area (TPSA) is 49.3 Å². The maximum atomic E-state index is 13.1. The lowest BCUT2D eigenvalue weighted by molar-refractivity contribution is 0.0600. The number of nitrogens with zero attached hydrogens (tertiary/aromatic N) is 4. The highest BCUT2D eigenvalue weighted by Crippen LogP contribution is 2.46. The molecule has 0 bridgehead atoms. The van der Waals surface area contributed by atoms with E-state index in [1.54, 1.807) is 0 Å². The van der Waals surface area contributed by atoms with Gasteiger partial charge in [-0.05, 0) is 40.5 Å². The molecule has 2 heterocycles. The predicted molar refractivity (Wildman–Crippen MR) is 119 cm³/mol. The van der Waals surface area contributed by atoms with E-state index in [0.29, 0.717) is 5.56 Å². The van der Waals surface area contributed by atoms with Gasteiger partial charge in [0.2, 0.25) is 0 Å². The summed E-state index contributed by atoms with van der Waals surface area (Å²) < 4.78 is 8.49. The highest BCUT2D eigenvalue weighted by Gasteiger charge is 2.34. The second-order valence-electron chi connectivity index (χ2n) is 7.87. The summed E-state index contributed by atoms with van der Waals surface area (Å²) in [4.78, 5) is 17.5. The molecule has 148 valence electrons. The van der Waals surface area contributed by atoms with Gasteiger partial charge in [0.25, 0.3) is 5.91 Å². The molecule has 0 N–H and O–H groups in total. The molecule has 2 aliphatic rings. The Morgan fingerprint density at radius 3 is 2.13 bits per heavy atom. The van der Waals surface area contributed by atoms with Gasteiger partial charge in [0.1, 0.15) is 11.0 Å². The van der Waals surface area contributed by atoms with Gasteiger partial charge >= 0.3 is 0 Å². The van der Waals surface area contributed by atoms with Crippen LogP contribution in [0.3, 0.4) is 0 Å². The molecule has 1 amide bonds. The lowest BCUT2D eigenvalue weighted by Crippen LogP contribution is -2.49. The van der Waals surface area contributed by atoms with Gasteiger partial charge in [-0.3, -0.25) is 9.69 Å². The molecule has 0 unspecified atom stereocenters. The first kappa shape index (κ1) is 17.7. The minimum atomic E-state index is 0.0803. The minimum absolute atomic E-state index is 0.0803. The van der Waals surface area contributed by atoms with Crippen molar-refractivity contribution in [1.82, 2.24) is 18.5 Å². The maximum absolute atomic E-state index is 13.1. The molecular formula is C24H20N4OS. The molecule has 5 nitrogen and oxygen atoms in total. The van der Waals surface area contributed by atoms with Crippen molar-refractivity contribution in [2.75, 3.05) is 26.2 Å². The van der Waals surface area contributed by atoms with Crippen molar-refractivity contribution in [1.29, 1.82) is 0 Å². The van der Waals surface area contributed by atoms with Gasteiger partial charge in [-0.1, -0.05) is 48.5 Å². The largest absolute Gasteiger partial charge is 0.336 e. The van der Waals surface area contributed by atoms with Crippen LogP contribution in [0.25, 0.3) is 22.2 Å². The van der Waals surface area contributed by atoms with E-state index in [1.807, 2.05) is 23.1 Å². The van der Waals surface area contributed by atoms with Crippen molar-refractivity contribution < 1.29 is 4.79 Å². The Labute approximate surface area is 178 Å². The predicted octanol–water partition coefficient (Wildman–Crippen LogP) is 4.22.